The topological polar surface area (TPSA) is 327 Å². The van der Waals surface area contributed by atoms with E-state index in [4.69, 9.17) is 25.4 Å². The highest BCUT2D eigenvalue weighted by molar-refractivity contribution is 5.98. The van der Waals surface area contributed by atoms with Crippen LogP contribution in [0.4, 0.5) is 0 Å². The van der Waals surface area contributed by atoms with E-state index in [-0.39, 0.29) is 31.4 Å². The highest BCUT2D eigenvalue weighted by atomic mass is 16.5. The van der Waals surface area contributed by atoms with Crippen LogP contribution < -0.4 is 47.1 Å². The van der Waals surface area contributed by atoms with E-state index in [1.54, 1.807) is 69.4 Å². The lowest BCUT2D eigenvalue weighted by molar-refractivity contribution is -0.140. The molecule has 424 valence electrons. The summed E-state index contributed by atoms with van der Waals surface area (Å²) in [6, 6.07) is 29.9. The first-order valence-corrected chi connectivity index (χ1v) is 26.0. The Morgan fingerprint density at radius 1 is 0.543 bits per heavy atom. The fourth-order valence-electron chi connectivity index (χ4n) is 8.75. The number of aliphatic carboxylic acids is 2. The molecule has 0 fully saturated rings. The van der Waals surface area contributed by atoms with Gasteiger partial charge in [0.2, 0.25) is 41.4 Å². The quantitative estimate of drug-likeness (QED) is 0.0307. The number of H-pyrrole nitrogens is 1. The van der Waals surface area contributed by atoms with Crippen LogP contribution in [-0.4, -0.2) is 112 Å². The van der Waals surface area contributed by atoms with Crippen LogP contribution in [0.15, 0.2) is 146 Å². The number of rotatable bonds is 30. The summed E-state index contributed by atoms with van der Waals surface area (Å²) in [7, 11) is 0. The van der Waals surface area contributed by atoms with Crippen molar-refractivity contribution in [1.29, 1.82) is 0 Å². The van der Waals surface area contributed by atoms with Gasteiger partial charge in [-0.25, -0.2) is 9.59 Å². The van der Waals surface area contributed by atoms with Gasteiger partial charge < -0.3 is 62.3 Å². The minimum Gasteiger partial charge on any atom is -0.482 e. The fraction of sp³-hybridized carbons (Fsp3) is 0.283. The highest BCUT2D eigenvalue weighted by Gasteiger charge is 2.35. The number of carboxylic acids is 2. The number of hydrogen-bond donors (Lipinski definition) is 10. The van der Waals surface area contributed by atoms with Gasteiger partial charge in [0.25, 0.3) is 0 Å². The third kappa shape index (κ3) is 18.4. The molecule has 21 heteroatoms. The molecule has 0 saturated heterocycles. The summed E-state index contributed by atoms with van der Waals surface area (Å²) in [5, 5.41) is 34.7. The van der Waals surface area contributed by atoms with Gasteiger partial charge in [0, 0.05) is 42.3 Å². The van der Waals surface area contributed by atoms with E-state index in [9.17, 15) is 43.2 Å². The van der Waals surface area contributed by atoms with Crippen LogP contribution in [-0.2, 0) is 68.8 Å². The van der Waals surface area contributed by atoms with Crippen molar-refractivity contribution < 1.29 is 62.8 Å². The molecule has 6 atom stereocenters. The van der Waals surface area contributed by atoms with Gasteiger partial charge in [-0.1, -0.05) is 124 Å². The maximum absolute atomic E-state index is 14.7. The van der Waals surface area contributed by atoms with E-state index in [0.29, 0.717) is 28.0 Å². The summed E-state index contributed by atoms with van der Waals surface area (Å²) < 4.78 is 10.5. The molecular formula is C60H66N8O13. The molecule has 0 aliphatic rings. The molecule has 81 heavy (non-hydrogen) atoms. The first-order chi connectivity index (χ1) is 38.8. The molecule has 0 aliphatic heterocycles. The van der Waals surface area contributed by atoms with Crippen molar-refractivity contribution in [2.75, 3.05) is 13.2 Å². The molecule has 11 N–H and O–H groups in total. The number of aromatic amines is 1. The number of ether oxygens (including phenoxy) is 2. The van der Waals surface area contributed by atoms with Crippen molar-refractivity contribution in [1.82, 2.24) is 36.9 Å². The first kappa shape index (κ1) is 60.4. The Morgan fingerprint density at radius 3 is 1.58 bits per heavy atom. The van der Waals surface area contributed by atoms with Crippen molar-refractivity contribution in [2.45, 2.75) is 83.1 Å². The summed E-state index contributed by atoms with van der Waals surface area (Å²) in [6.07, 6.45) is 1.96. The van der Waals surface area contributed by atoms with E-state index in [0.717, 1.165) is 28.2 Å². The number of carboxylic acid groups (broad SMARTS) is 2. The number of nitrogens with one attached hydrogen (secondary N) is 7. The molecule has 0 radical (unpaired) electrons. The van der Waals surface area contributed by atoms with E-state index >= 15 is 0 Å². The van der Waals surface area contributed by atoms with Gasteiger partial charge in [0.05, 0.1) is 6.42 Å². The lowest BCUT2D eigenvalue weighted by atomic mass is 9.98. The highest BCUT2D eigenvalue weighted by Crippen LogP contribution is 2.23. The molecule has 0 saturated carbocycles. The van der Waals surface area contributed by atoms with Gasteiger partial charge in [0.1, 0.15) is 41.7 Å². The van der Waals surface area contributed by atoms with Crippen molar-refractivity contribution >= 4 is 64.2 Å². The Hall–Kier alpha value is -9.79. The Morgan fingerprint density at radius 2 is 1.01 bits per heavy atom. The smallest absolute Gasteiger partial charge is 0.341 e. The lowest BCUT2D eigenvalue weighted by Crippen LogP contribution is -2.61. The van der Waals surface area contributed by atoms with Crippen LogP contribution in [0, 0.1) is 11.8 Å². The Bertz CT molecular complexity index is 3180. The first-order valence-electron chi connectivity index (χ1n) is 26.0. The molecule has 1 aromatic heterocycles. The molecule has 5 aromatic carbocycles. The Kier molecular flexibility index (Phi) is 21.8. The standard InChI is InChI=1S/C60H66N8O13/c1-5-62-51(69)31-50(67-57(76)48(29-39-19-25-44(26-20-39)81-34-53(72)73)65-56(75)36(4)27-37-17-23-43(24-18-37)80-33-52(70)71)58(77)66-49(30-42-32-63-46-14-10-9-13-45(42)46)59(78)68-54(35(2)3)60(79)64-47(55(61)74)28-38-15-21-41(22-16-38)40-11-7-6-8-12-40/h5-26,32,35-36,47-50,54,63H,1,27-31,33-34H2,2-4H3,(H2,61,74)(H,62,69)(H,64,79)(H,65,75)(H,66,77)(H,67,76)(H,68,78)(H,70,71)(H,72,73)/t36-,47-,48-,49-,50-,54-/m0/s1. The molecule has 6 aromatic rings. The van der Waals surface area contributed by atoms with Crippen molar-refractivity contribution in [3.05, 3.63) is 169 Å². The Labute approximate surface area is 467 Å². The molecule has 0 spiro atoms. The zero-order chi connectivity index (χ0) is 58.6. The number of nitrogens with two attached hydrogens (primary N) is 1. The number of benzene rings is 5. The third-order valence-electron chi connectivity index (χ3n) is 13.1. The average Bonchev–Trinajstić information content (AvgIpc) is 3.91. The number of hydrogen-bond acceptors (Lipinski definition) is 11. The van der Waals surface area contributed by atoms with Crippen LogP contribution in [0.5, 0.6) is 11.5 Å². The average molecular weight is 1110 g/mol. The second-order valence-electron chi connectivity index (χ2n) is 19.6. The summed E-state index contributed by atoms with van der Waals surface area (Å²) in [5.74, 6) is -8.74. The summed E-state index contributed by atoms with van der Waals surface area (Å²) in [4.78, 5) is 123. The zero-order valence-electron chi connectivity index (χ0n) is 44.9. The van der Waals surface area contributed by atoms with Crippen molar-refractivity contribution in [3.8, 4) is 22.6 Å². The number of para-hydroxylation sites is 1. The maximum atomic E-state index is 14.7. The minimum absolute atomic E-state index is 0.0451. The van der Waals surface area contributed by atoms with Crippen LogP contribution >= 0.6 is 0 Å². The number of carbonyl (C=O) groups excluding carboxylic acids is 7. The van der Waals surface area contributed by atoms with Crippen LogP contribution in [0.3, 0.4) is 0 Å². The lowest BCUT2D eigenvalue weighted by Gasteiger charge is -2.28. The van der Waals surface area contributed by atoms with E-state index in [1.807, 2.05) is 72.8 Å². The van der Waals surface area contributed by atoms with Crippen molar-refractivity contribution in [2.24, 2.45) is 17.6 Å². The molecule has 21 nitrogen and oxygen atoms in total. The molecule has 0 unspecified atom stereocenters. The maximum Gasteiger partial charge on any atom is 0.341 e. The summed E-state index contributed by atoms with van der Waals surface area (Å²) >= 11 is 0. The summed E-state index contributed by atoms with van der Waals surface area (Å²) in [6.45, 7) is 7.35. The molecule has 0 bridgehead atoms. The van der Waals surface area contributed by atoms with Gasteiger partial charge in [0.15, 0.2) is 13.2 Å². The van der Waals surface area contributed by atoms with Crippen LogP contribution in [0.2, 0.25) is 0 Å². The third-order valence-corrected chi connectivity index (χ3v) is 13.1. The van der Waals surface area contributed by atoms with Crippen molar-refractivity contribution in [3.63, 3.8) is 0 Å². The second-order valence-corrected chi connectivity index (χ2v) is 19.6. The minimum atomic E-state index is -1.69. The van der Waals surface area contributed by atoms with Crippen LogP contribution in [0.25, 0.3) is 22.0 Å². The summed E-state index contributed by atoms with van der Waals surface area (Å²) in [5.41, 5.74) is 10.9. The van der Waals surface area contributed by atoms with Gasteiger partial charge in [-0.3, -0.25) is 33.6 Å². The van der Waals surface area contributed by atoms with E-state index < -0.39 is 115 Å². The van der Waals surface area contributed by atoms with E-state index in [2.05, 4.69) is 43.5 Å². The van der Waals surface area contributed by atoms with Crippen LogP contribution in [0.1, 0.15) is 49.4 Å². The van der Waals surface area contributed by atoms with E-state index in [1.165, 1.54) is 12.1 Å². The number of amides is 7. The molecule has 6 rings (SSSR count). The molecule has 7 amide bonds. The number of aromatic nitrogens is 1. The number of carbonyl (C=O) groups is 9. The number of fused-ring (bicyclic) bond motifs is 1. The zero-order valence-corrected chi connectivity index (χ0v) is 44.9. The Balaban J connectivity index is 1.24. The van der Waals surface area contributed by atoms with Gasteiger partial charge >= 0.3 is 11.9 Å². The normalized spacial score (nSPS) is 13.2. The largest absolute Gasteiger partial charge is 0.482 e. The predicted molar refractivity (Wildman–Crippen MR) is 300 cm³/mol. The van der Waals surface area contributed by atoms with Gasteiger partial charge in [-0.2, -0.15) is 0 Å². The SMILES string of the molecule is C=CNC(=O)C[C@H](NC(=O)[C@H](Cc1ccc(OCC(=O)O)cc1)NC(=O)[C@@H](C)Cc1ccc(OCC(=O)O)cc1)C(=O)N[C@@H](Cc1c[nH]c2ccccc12)C(=O)N[C@H](C(=O)N[C@@H](Cc1ccc(-c2ccccc2)cc1)C(N)=O)C(C)C. The fourth-order valence-corrected chi connectivity index (χ4v) is 8.75. The molecule has 1 heterocycles. The van der Waals surface area contributed by atoms with Gasteiger partial charge in [-0.15, -0.1) is 0 Å². The predicted octanol–water partition coefficient (Wildman–Crippen LogP) is 3.88. The second kappa shape index (κ2) is 29.3. The monoisotopic (exact) mass is 1110 g/mol. The molecular weight excluding hydrogens is 1040 g/mol. The molecule has 0 aliphatic carbocycles. The van der Waals surface area contributed by atoms with Gasteiger partial charge in [-0.05, 0) is 82.3 Å². The number of primary amides is 1.